The first-order valence-corrected chi connectivity index (χ1v) is 10.0. The number of benzene rings is 2. The summed E-state index contributed by atoms with van der Waals surface area (Å²) in [5.41, 5.74) is 0.936. The molecule has 0 saturated carbocycles. The van der Waals surface area contributed by atoms with Crippen molar-refractivity contribution in [3.63, 3.8) is 0 Å². The molecule has 172 valence electrons. The minimum atomic E-state index is -1.87. The Morgan fingerprint density at radius 2 is 1.61 bits per heavy atom. The smallest absolute Gasteiger partial charge is 0.343 e. The molecule has 0 fully saturated rings. The summed E-state index contributed by atoms with van der Waals surface area (Å²) in [6.07, 6.45) is -3.70. The molecule has 0 aliphatic heterocycles. The molecule has 0 aliphatic rings. The fourth-order valence-corrected chi connectivity index (χ4v) is 3.53. The SMILES string of the molecule is Cc1c(-c2cc3cc(OCc4ccc(C(O)O)c(C(O)O)c4)ccc3o2)oc(=O)c(C)c1O. The van der Waals surface area contributed by atoms with Crippen molar-refractivity contribution < 1.29 is 39.1 Å². The molecular weight excluding hydrogens is 432 g/mol. The van der Waals surface area contributed by atoms with Crippen LogP contribution in [-0.4, -0.2) is 25.5 Å². The zero-order valence-electron chi connectivity index (χ0n) is 17.8. The minimum absolute atomic E-state index is 0.00909. The number of fused-ring (bicyclic) bond motifs is 1. The molecule has 9 nitrogen and oxygen atoms in total. The lowest BCUT2D eigenvalue weighted by Gasteiger charge is -2.15. The van der Waals surface area contributed by atoms with E-state index in [0.29, 0.717) is 27.8 Å². The van der Waals surface area contributed by atoms with E-state index in [9.17, 15) is 30.3 Å². The van der Waals surface area contributed by atoms with Crippen LogP contribution in [0.3, 0.4) is 0 Å². The van der Waals surface area contributed by atoms with Gasteiger partial charge in [-0.3, -0.25) is 0 Å². The molecule has 0 saturated heterocycles. The van der Waals surface area contributed by atoms with Gasteiger partial charge in [0.1, 0.15) is 23.7 Å². The molecule has 2 heterocycles. The Morgan fingerprint density at radius 1 is 0.879 bits per heavy atom. The summed E-state index contributed by atoms with van der Waals surface area (Å²) in [5, 5.41) is 48.5. The topological polar surface area (TPSA) is 154 Å². The van der Waals surface area contributed by atoms with E-state index in [2.05, 4.69) is 0 Å². The molecular formula is C24H22O9. The van der Waals surface area contributed by atoms with Crippen molar-refractivity contribution in [3.05, 3.63) is 80.7 Å². The Morgan fingerprint density at radius 3 is 2.30 bits per heavy atom. The first-order valence-electron chi connectivity index (χ1n) is 10.0. The third-order valence-corrected chi connectivity index (χ3v) is 5.38. The van der Waals surface area contributed by atoms with Crippen molar-refractivity contribution >= 4 is 11.0 Å². The standard InChI is InChI=1S/C24H22O9/c1-11-20(25)12(2)24(30)33-21(11)19-9-14-8-15(4-6-18(14)32-19)31-10-13-3-5-16(22(26)27)17(7-13)23(28)29/h3-9,22-23,25-29H,10H2,1-2H3. The van der Waals surface area contributed by atoms with Crippen molar-refractivity contribution in [2.75, 3.05) is 0 Å². The van der Waals surface area contributed by atoms with Gasteiger partial charge in [-0.2, -0.15) is 0 Å². The van der Waals surface area contributed by atoms with Gasteiger partial charge in [-0.25, -0.2) is 4.79 Å². The van der Waals surface area contributed by atoms with Crippen LogP contribution in [0.5, 0.6) is 11.5 Å². The van der Waals surface area contributed by atoms with Crippen LogP contribution in [0, 0.1) is 13.8 Å². The van der Waals surface area contributed by atoms with Crippen LogP contribution in [0.2, 0.25) is 0 Å². The Hall–Kier alpha value is -3.63. The monoisotopic (exact) mass is 454 g/mol. The quantitative estimate of drug-likeness (QED) is 0.277. The molecule has 0 spiro atoms. The summed E-state index contributed by atoms with van der Waals surface area (Å²) < 4.78 is 16.9. The number of rotatable bonds is 6. The predicted octanol–water partition coefficient (Wildman–Crippen LogP) is 2.92. The van der Waals surface area contributed by atoms with Gasteiger partial charge in [-0.1, -0.05) is 12.1 Å². The first-order chi connectivity index (χ1) is 15.7. The van der Waals surface area contributed by atoms with Gasteiger partial charge in [-0.15, -0.1) is 0 Å². The second-order valence-electron chi connectivity index (χ2n) is 7.63. The highest BCUT2D eigenvalue weighted by molar-refractivity contribution is 5.84. The maximum Gasteiger partial charge on any atom is 0.343 e. The molecule has 0 bridgehead atoms. The lowest BCUT2D eigenvalue weighted by atomic mass is 10.0. The normalized spacial score (nSPS) is 11.6. The van der Waals surface area contributed by atoms with E-state index in [1.54, 1.807) is 37.3 Å². The summed E-state index contributed by atoms with van der Waals surface area (Å²) in [4.78, 5) is 12.0. The fourth-order valence-electron chi connectivity index (χ4n) is 3.53. The lowest BCUT2D eigenvalue weighted by Crippen LogP contribution is -2.07. The van der Waals surface area contributed by atoms with Crippen LogP contribution >= 0.6 is 0 Å². The fraction of sp³-hybridized carbons (Fsp3) is 0.208. The van der Waals surface area contributed by atoms with Crippen LogP contribution in [0.25, 0.3) is 22.5 Å². The number of aromatic hydroxyl groups is 1. The number of aliphatic hydroxyl groups is 4. The van der Waals surface area contributed by atoms with Gasteiger partial charge in [0, 0.05) is 22.1 Å². The van der Waals surface area contributed by atoms with Crippen LogP contribution in [0.15, 0.2) is 56.1 Å². The van der Waals surface area contributed by atoms with E-state index < -0.39 is 18.2 Å². The summed E-state index contributed by atoms with van der Waals surface area (Å²) >= 11 is 0. The van der Waals surface area contributed by atoms with Gasteiger partial charge in [0.05, 0.1) is 5.56 Å². The molecule has 0 unspecified atom stereocenters. The molecule has 0 radical (unpaired) electrons. The molecule has 0 amide bonds. The van der Waals surface area contributed by atoms with Gasteiger partial charge >= 0.3 is 5.63 Å². The van der Waals surface area contributed by atoms with Gasteiger partial charge in [-0.05, 0) is 49.7 Å². The Balaban J connectivity index is 1.59. The zero-order valence-corrected chi connectivity index (χ0v) is 17.8. The van der Waals surface area contributed by atoms with E-state index in [0.717, 1.165) is 0 Å². The predicted molar refractivity (Wildman–Crippen MR) is 116 cm³/mol. The average molecular weight is 454 g/mol. The second kappa shape index (κ2) is 8.72. The van der Waals surface area contributed by atoms with Crippen molar-refractivity contribution in [1.82, 2.24) is 0 Å². The van der Waals surface area contributed by atoms with Gasteiger partial charge in [0.2, 0.25) is 0 Å². The Bertz CT molecular complexity index is 1380. The van der Waals surface area contributed by atoms with Crippen molar-refractivity contribution in [2.24, 2.45) is 0 Å². The third kappa shape index (κ3) is 4.35. The van der Waals surface area contributed by atoms with Crippen LogP contribution < -0.4 is 10.4 Å². The third-order valence-electron chi connectivity index (χ3n) is 5.38. The highest BCUT2D eigenvalue weighted by atomic mass is 16.5. The first kappa shape index (κ1) is 22.6. The second-order valence-corrected chi connectivity index (χ2v) is 7.63. The number of hydrogen-bond acceptors (Lipinski definition) is 9. The molecule has 33 heavy (non-hydrogen) atoms. The molecule has 4 aromatic rings. The largest absolute Gasteiger partial charge is 0.507 e. The summed E-state index contributed by atoms with van der Waals surface area (Å²) in [7, 11) is 0. The van der Waals surface area contributed by atoms with Gasteiger partial charge in [0.15, 0.2) is 24.1 Å². The minimum Gasteiger partial charge on any atom is -0.507 e. The zero-order chi connectivity index (χ0) is 23.9. The summed E-state index contributed by atoms with van der Waals surface area (Å²) in [6, 6.07) is 11.1. The maximum absolute atomic E-state index is 12.0. The molecule has 0 atom stereocenters. The molecule has 2 aromatic heterocycles. The highest BCUT2D eigenvalue weighted by Crippen LogP contribution is 2.35. The van der Waals surface area contributed by atoms with Crippen molar-refractivity contribution in [3.8, 4) is 23.0 Å². The number of aliphatic hydroxyl groups excluding tert-OH is 2. The van der Waals surface area contributed by atoms with Crippen molar-refractivity contribution in [2.45, 2.75) is 33.0 Å². The van der Waals surface area contributed by atoms with Gasteiger partial charge in [0.25, 0.3) is 0 Å². The molecule has 9 heteroatoms. The van der Waals surface area contributed by atoms with E-state index in [1.165, 1.54) is 19.1 Å². The Labute approximate surface area is 187 Å². The molecule has 2 aromatic carbocycles. The number of furan rings is 1. The highest BCUT2D eigenvalue weighted by Gasteiger charge is 2.19. The van der Waals surface area contributed by atoms with Crippen LogP contribution in [0.4, 0.5) is 0 Å². The maximum atomic E-state index is 12.0. The van der Waals surface area contributed by atoms with E-state index in [1.807, 2.05) is 0 Å². The number of hydrogen-bond donors (Lipinski definition) is 5. The van der Waals surface area contributed by atoms with E-state index >= 15 is 0 Å². The molecule has 0 aliphatic carbocycles. The van der Waals surface area contributed by atoms with Crippen LogP contribution in [0.1, 0.15) is 40.4 Å². The van der Waals surface area contributed by atoms with Gasteiger partial charge < -0.3 is 39.1 Å². The average Bonchev–Trinajstić information content (AvgIpc) is 3.21. The lowest BCUT2D eigenvalue weighted by molar-refractivity contribution is -0.0635. The van der Waals surface area contributed by atoms with E-state index in [4.69, 9.17) is 13.6 Å². The van der Waals surface area contributed by atoms with Crippen LogP contribution in [-0.2, 0) is 6.61 Å². The summed E-state index contributed by atoms with van der Waals surface area (Å²) in [5.74, 6) is 0.782. The Kier molecular flexibility index (Phi) is 5.96. The van der Waals surface area contributed by atoms with E-state index in [-0.39, 0.29) is 40.6 Å². The number of ether oxygens (including phenoxy) is 1. The molecule has 4 rings (SSSR count). The molecule has 5 N–H and O–H groups in total. The van der Waals surface area contributed by atoms with Crippen molar-refractivity contribution in [1.29, 1.82) is 0 Å². The summed E-state index contributed by atoms with van der Waals surface area (Å²) in [6.45, 7) is 3.18.